The van der Waals surface area contributed by atoms with Gasteiger partial charge in [0.15, 0.2) is 11.5 Å². The number of aromatic nitrogens is 4. The topological polar surface area (TPSA) is 97.6 Å². The van der Waals surface area contributed by atoms with Crippen LogP contribution in [0.4, 0.5) is 0 Å². The first-order chi connectivity index (χ1) is 8.75. The summed E-state index contributed by atoms with van der Waals surface area (Å²) >= 11 is 0. The first kappa shape index (κ1) is 10.4. The summed E-state index contributed by atoms with van der Waals surface area (Å²) < 4.78 is 0. The Labute approximate surface area is 102 Å². The number of hydrogen-bond acceptors (Lipinski definition) is 4. The third-order valence-electron chi connectivity index (χ3n) is 2.61. The lowest BCUT2D eigenvalue weighted by Crippen LogP contribution is -2.12. The van der Waals surface area contributed by atoms with E-state index in [1.807, 2.05) is 0 Å². The molecular weight excluding hydrogens is 230 g/mol. The van der Waals surface area contributed by atoms with E-state index in [0.717, 1.165) is 5.52 Å². The van der Waals surface area contributed by atoms with Crippen molar-refractivity contribution in [1.29, 1.82) is 0 Å². The van der Waals surface area contributed by atoms with Gasteiger partial charge in [-0.3, -0.25) is 4.79 Å². The maximum absolute atomic E-state index is 11.4. The van der Waals surface area contributed by atoms with E-state index in [4.69, 9.17) is 5.73 Å². The van der Waals surface area contributed by atoms with Crippen molar-refractivity contribution in [2.24, 2.45) is 5.73 Å². The number of nitrogens with two attached hydrogens (primary N) is 1. The molecule has 18 heavy (non-hydrogen) atoms. The van der Waals surface area contributed by atoms with E-state index in [9.17, 15) is 4.79 Å². The molecule has 0 unspecified atom stereocenters. The van der Waals surface area contributed by atoms with Gasteiger partial charge in [0.25, 0.3) is 0 Å². The second kappa shape index (κ2) is 3.92. The lowest BCUT2D eigenvalue weighted by molar-refractivity contribution is 0.100. The highest BCUT2D eigenvalue weighted by atomic mass is 16.1. The molecule has 0 saturated heterocycles. The van der Waals surface area contributed by atoms with Gasteiger partial charge in [0, 0.05) is 5.56 Å². The Hall–Kier alpha value is -2.76. The van der Waals surface area contributed by atoms with Crippen molar-refractivity contribution in [1.82, 2.24) is 19.9 Å². The lowest BCUT2D eigenvalue weighted by atomic mass is 10.1. The minimum absolute atomic E-state index is 0.396. The summed E-state index contributed by atoms with van der Waals surface area (Å²) in [4.78, 5) is 26.8. The van der Waals surface area contributed by atoms with Gasteiger partial charge in [-0.2, -0.15) is 0 Å². The van der Waals surface area contributed by atoms with Crippen LogP contribution in [0.3, 0.4) is 0 Å². The first-order valence-electron chi connectivity index (χ1n) is 5.31. The summed E-state index contributed by atoms with van der Waals surface area (Å²) in [5.41, 5.74) is 7.63. The molecule has 0 radical (unpaired) electrons. The molecule has 88 valence electrons. The Morgan fingerprint density at radius 2 is 2.06 bits per heavy atom. The second-order valence-corrected chi connectivity index (χ2v) is 3.74. The van der Waals surface area contributed by atoms with Crippen molar-refractivity contribution < 1.29 is 4.79 Å². The molecule has 0 saturated carbocycles. The molecule has 0 atom stereocenters. The summed E-state index contributed by atoms with van der Waals surface area (Å²) in [6.07, 6.45) is 3.17. The molecule has 1 amide bonds. The van der Waals surface area contributed by atoms with Crippen molar-refractivity contribution in [2.75, 3.05) is 0 Å². The number of nitrogens with zero attached hydrogens (tertiary/aromatic N) is 3. The highest BCUT2D eigenvalue weighted by Crippen LogP contribution is 2.20. The maximum atomic E-state index is 11.4. The molecule has 2 aromatic heterocycles. The van der Waals surface area contributed by atoms with E-state index in [-0.39, 0.29) is 0 Å². The zero-order valence-electron chi connectivity index (χ0n) is 9.29. The van der Waals surface area contributed by atoms with Gasteiger partial charge in [-0.1, -0.05) is 18.2 Å². The van der Waals surface area contributed by atoms with E-state index < -0.39 is 5.91 Å². The van der Waals surface area contributed by atoms with E-state index >= 15 is 0 Å². The Morgan fingerprint density at radius 3 is 2.89 bits per heavy atom. The number of amides is 1. The molecule has 3 aromatic rings. The fourth-order valence-corrected chi connectivity index (χ4v) is 1.76. The average molecular weight is 239 g/mol. The Balaban J connectivity index is 2.22. The number of hydrogen-bond donors (Lipinski definition) is 2. The van der Waals surface area contributed by atoms with Crippen molar-refractivity contribution >= 4 is 17.1 Å². The number of imidazole rings is 1. The van der Waals surface area contributed by atoms with Gasteiger partial charge in [-0.05, 0) is 6.07 Å². The summed E-state index contributed by atoms with van der Waals surface area (Å²) in [7, 11) is 0. The SMILES string of the molecule is NC(=O)c1ccccc1-c1ncc2[nH]cnc2n1. The third kappa shape index (κ3) is 1.60. The molecule has 0 aliphatic heterocycles. The minimum Gasteiger partial charge on any atom is -0.366 e. The smallest absolute Gasteiger partial charge is 0.249 e. The van der Waals surface area contributed by atoms with Gasteiger partial charge in [-0.25, -0.2) is 15.0 Å². The lowest BCUT2D eigenvalue weighted by Gasteiger charge is -2.04. The number of benzene rings is 1. The predicted octanol–water partition coefficient (Wildman–Crippen LogP) is 1.12. The van der Waals surface area contributed by atoms with E-state index in [2.05, 4.69) is 19.9 Å². The van der Waals surface area contributed by atoms with Crippen LogP contribution in [0, 0.1) is 0 Å². The molecule has 6 heteroatoms. The molecule has 0 spiro atoms. The Morgan fingerprint density at radius 1 is 1.22 bits per heavy atom. The highest BCUT2D eigenvalue weighted by Gasteiger charge is 2.12. The van der Waals surface area contributed by atoms with Gasteiger partial charge in [-0.15, -0.1) is 0 Å². The number of carbonyl (C=O) groups excluding carboxylic acids is 1. The zero-order valence-corrected chi connectivity index (χ0v) is 9.29. The molecule has 1 aromatic carbocycles. The number of H-pyrrole nitrogens is 1. The van der Waals surface area contributed by atoms with Gasteiger partial charge >= 0.3 is 0 Å². The van der Waals surface area contributed by atoms with E-state index in [1.54, 1.807) is 36.8 Å². The van der Waals surface area contributed by atoms with Crippen LogP contribution >= 0.6 is 0 Å². The largest absolute Gasteiger partial charge is 0.366 e. The standard InChI is InChI=1S/C12H9N5O/c13-10(18)7-3-1-2-4-8(7)11-14-5-9-12(17-11)16-6-15-9/h1-6H,(H2,13,18)(H,14,15,16,17). The number of carbonyl (C=O) groups is 1. The molecule has 0 bridgehead atoms. The number of aromatic amines is 1. The number of primary amides is 1. The number of fused-ring (bicyclic) bond motifs is 1. The molecule has 0 fully saturated rings. The zero-order chi connectivity index (χ0) is 12.5. The fraction of sp³-hybridized carbons (Fsp3) is 0. The van der Waals surface area contributed by atoms with Crippen molar-refractivity contribution in [3.8, 4) is 11.4 Å². The molecule has 2 heterocycles. The summed E-state index contributed by atoms with van der Waals surface area (Å²) in [5.74, 6) is -0.0691. The van der Waals surface area contributed by atoms with Crippen LogP contribution < -0.4 is 5.73 Å². The Bertz CT molecular complexity index is 734. The molecular formula is C12H9N5O. The number of rotatable bonds is 2. The normalized spacial score (nSPS) is 10.7. The van der Waals surface area contributed by atoms with Crippen molar-refractivity contribution in [3.63, 3.8) is 0 Å². The molecule has 0 aliphatic rings. The molecule has 3 N–H and O–H groups in total. The monoisotopic (exact) mass is 239 g/mol. The van der Waals surface area contributed by atoms with Crippen molar-refractivity contribution in [3.05, 3.63) is 42.4 Å². The van der Waals surface area contributed by atoms with Crippen LogP contribution in [0.5, 0.6) is 0 Å². The van der Waals surface area contributed by atoms with Crippen LogP contribution in [0.1, 0.15) is 10.4 Å². The second-order valence-electron chi connectivity index (χ2n) is 3.74. The predicted molar refractivity (Wildman–Crippen MR) is 65.6 cm³/mol. The summed E-state index contributed by atoms with van der Waals surface area (Å²) in [6.45, 7) is 0. The van der Waals surface area contributed by atoms with Crippen LogP contribution in [-0.2, 0) is 0 Å². The quantitative estimate of drug-likeness (QED) is 0.700. The molecule has 3 rings (SSSR count). The maximum Gasteiger partial charge on any atom is 0.249 e. The Kier molecular flexibility index (Phi) is 2.26. The van der Waals surface area contributed by atoms with E-state index in [1.165, 1.54) is 0 Å². The highest BCUT2D eigenvalue weighted by molar-refractivity contribution is 5.99. The molecule has 6 nitrogen and oxygen atoms in total. The van der Waals surface area contributed by atoms with Crippen LogP contribution in [-0.4, -0.2) is 25.8 Å². The van der Waals surface area contributed by atoms with Gasteiger partial charge < -0.3 is 10.7 Å². The minimum atomic E-state index is -0.503. The fourth-order valence-electron chi connectivity index (χ4n) is 1.76. The van der Waals surface area contributed by atoms with E-state index in [0.29, 0.717) is 22.6 Å². The van der Waals surface area contributed by atoms with Crippen molar-refractivity contribution in [2.45, 2.75) is 0 Å². The van der Waals surface area contributed by atoms with Crippen LogP contribution in [0.2, 0.25) is 0 Å². The van der Waals surface area contributed by atoms with Crippen LogP contribution in [0.15, 0.2) is 36.8 Å². The van der Waals surface area contributed by atoms with Gasteiger partial charge in [0.2, 0.25) is 5.91 Å². The average Bonchev–Trinajstić information content (AvgIpc) is 2.85. The molecule has 0 aliphatic carbocycles. The van der Waals surface area contributed by atoms with Gasteiger partial charge in [0.1, 0.15) is 5.52 Å². The van der Waals surface area contributed by atoms with Gasteiger partial charge in [0.05, 0.1) is 18.1 Å². The van der Waals surface area contributed by atoms with Crippen LogP contribution in [0.25, 0.3) is 22.6 Å². The third-order valence-corrected chi connectivity index (χ3v) is 2.61. The first-order valence-corrected chi connectivity index (χ1v) is 5.31. The summed E-state index contributed by atoms with van der Waals surface area (Å²) in [6, 6.07) is 6.96. The summed E-state index contributed by atoms with van der Waals surface area (Å²) in [5, 5.41) is 0. The number of nitrogens with one attached hydrogen (secondary N) is 1.